The highest BCUT2D eigenvalue weighted by molar-refractivity contribution is 7.46. The van der Waals surface area contributed by atoms with Crippen molar-refractivity contribution in [2.24, 2.45) is 0 Å². The highest BCUT2D eigenvalue weighted by Crippen LogP contribution is 2.48. The summed E-state index contributed by atoms with van der Waals surface area (Å²) < 4.78 is 54.2. The molecule has 60 heavy (non-hydrogen) atoms. The van der Waals surface area contributed by atoms with Crippen LogP contribution in [-0.4, -0.2) is 190 Å². The van der Waals surface area contributed by atoms with Gasteiger partial charge in [-0.05, 0) is 6.07 Å². The maximum absolute atomic E-state index is 13.0. The van der Waals surface area contributed by atoms with E-state index in [1.807, 2.05) is 5.32 Å². The summed E-state index contributed by atoms with van der Waals surface area (Å²) in [5.74, 6) is -8.45. The third-order valence-corrected chi connectivity index (χ3v) is 10.9. The number of aliphatic hydroxyl groups is 9. The van der Waals surface area contributed by atoms with Crippen LogP contribution < -0.4 is 31.9 Å². The van der Waals surface area contributed by atoms with E-state index in [0.717, 1.165) is 16.8 Å². The molecule has 4 heterocycles. The summed E-state index contributed by atoms with van der Waals surface area (Å²) in [6.45, 7) is -4.42. The number of pyridine rings is 1. The van der Waals surface area contributed by atoms with Gasteiger partial charge in [0.05, 0.1) is 51.0 Å². The van der Waals surface area contributed by atoms with Crippen LogP contribution in [0.3, 0.4) is 0 Å². The molecule has 15 N–H and O–H groups in total. The number of carboxylic acids is 1. The second-order valence-corrected chi connectivity index (χ2v) is 16.3. The van der Waals surface area contributed by atoms with E-state index < -0.39 is 169 Å². The molecule has 2 amide bonds. The van der Waals surface area contributed by atoms with Crippen molar-refractivity contribution in [3.63, 3.8) is 0 Å². The molecule has 16 atom stereocenters. The topological polar surface area (TPSA) is 481 Å². The maximum atomic E-state index is 13.0. The van der Waals surface area contributed by atoms with Crippen LogP contribution >= 0.6 is 15.6 Å². The van der Waals surface area contributed by atoms with E-state index in [-0.39, 0.29) is 5.69 Å². The first kappa shape index (κ1) is 49.6. The van der Waals surface area contributed by atoms with Crippen molar-refractivity contribution in [3.05, 3.63) is 28.7 Å². The number of aliphatic carboxylic acids is 1. The molecule has 29 nitrogen and oxygen atoms in total. The van der Waals surface area contributed by atoms with Gasteiger partial charge in [-0.15, -0.1) is 0 Å². The molecule has 3 saturated heterocycles. The third-order valence-electron chi connectivity index (χ3n) is 9.42. The summed E-state index contributed by atoms with van der Waals surface area (Å²) in [6, 6.07) is 0.226. The van der Waals surface area contributed by atoms with Gasteiger partial charge in [0.1, 0.15) is 67.0 Å². The highest BCUT2D eigenvalue weighted by Gasteiger charge is 2.54. The van der Waals surface area contributed by atoms with Crippen molar-refractivity contribution >= 4 is 39.1 Å². The first-order valence-corrected chi connectivity index (χ1v) is 20.4. The van der Waals surface area contributed by atoms with E-state index in [1.54, 1.807) is 0 Å². The molecule has 3 fully saturated rings. The fourth-order valence-corrected chi connectivity index (χ4v) is 7.61. The normalized spacial score (nSPS) is 35.5. The number of nitrogens with zero attached hydrogens (tertiary/aromatic N) is 1. The molecule has 0 saturated carbocycles. The van der Waals surface area contributed by atoms with Gasteiger partial charge in [-0.3, -0.25) is 32.6 Å². The minimum atomic E-state index is -6.00. The number of carbonyl (C=O) groups excluding carboxylic acids is 3. The molecule has 1 aromatic rings. The lowest BCUT2D eigenvalue weighted by Crippen LogP contribution is -2.70. The number of nitrogens with two attached hydrogens (primary N) is 1. The van der Waals surface area contributed by atoms with Crippen LogP contribution in [0.4, 0.5) is 5.69 Å². The summed E-state index contributed by atoms with van der Waals surface area (Å²) in [6.07, 6.45) is -26.6. The molecule has 11 unspecified atom stereocenters. The molecular formula is C29H44N4O25P2-2. The largest absolute Gasteiger partial charge is 0.756 e. The van der Waals surface area contributed by atoms with Gasteiger partial charge in [0.2, 0.25) is 17.6 Å². The lowest BCUT2D eigenvalue weighted by Gasteiger charge is -2.50. The number of phosphoric acid groups is 2. The number of carboxylic acid groups (broad SMARTS) is 1. The SMILES string of the molecule is Nc1ccn(C2OC(COP(=O)([O-])OC3(C(=O)[O-])CC(O)C(NC(=O)CNC(=O)C[C@@H]4OC(COP(=O)(O)O)[C@H](O)[C@H](O)C4O)C([C@H](O)[C@H](O)CO)O3)C(O)C2O)c(=O)c1. The van der Waals surface area contributed by atoms with Crippen LogP contribution in [0.15, 0.2) is 23.1 Å². The Morgan fingerprint density at radius 1 is 0.950 bits per heavy atom. The number of nitrogens with one attached hydrogen (secondary N) is 2. The van der Waals surface area contributed by atoms with Gasteiger partial charge < -0.3 is 106 Å². The van der Waals surface area contributed by atoms with E-state index in [4.69, 9.17) is 29.7 Å². The molecule has 0 radical (unpaired) electrons. The average molecular weight is 911 g/mol. The van der Waals surface area contributed by atoms with Crippen LogP contribution in [0, 0.1) is 0 Å². The van der Waals surface area contributed by atoms with Crippen LogP contribution in [-0.2, 0) is 51.3 Å². The second kappa shape index (κ2) is 19.9. The zero-order valence-corrected chi connectivity index (χ0v) is 32.4. The fourth-order valence-electron chi connectivity index (χ4n) is 6.34. The van der Waals surface area contributed by atoms with Crippen LogP contribution in [0.2, 0.25) is 0 Å². The van der Waals surface area contributed by atoms with E-state index in [9.17, 15) is 84.3 Å². The monoisotopic (exact) mass is 910 g/mol. The Kier molecular flexibility index (Phi) is 16.5. The predicted molar refractivity (Wildman–Crippen MR) is 182 cm³/mol. The summed E-state index contributed by atoms with van der Waals surface area (Å²) in [5.41, 5.74) is 4.80. The first-order chi connectivity index (χ1) is 27.8. The van der Waals surface area contributed by atoms with Gasteiger partial charge in [0.25, 0.3) is 13.4 Å². The van der Waals surface area contributed by atoms with Gasteiger partial charge in [0, 0.05) is 24.4 Å². The Morgan fingerprint density at radius 2 is 1.55 bits per heavy atom. The van der Waals surface area contributed by atoms with E-state index >= 15 is 0 Å². The Balaban J connectivity index is 1.41. The van der Waals surface area contributed by atoms with Gasteiger partial charge in [-0.1, -0.05) is 0 Å². The second-order valence-electron chi connectivity index (χ2n) is 13.8. The Labute approximate surface area is 336 Å². The first-order valence-electron chi connectivity index (χ1n) is 17.5. The number of aromatic nitrogens is 1. The molecular weight excluding hydrogens is 866 g/mol. The van der Waals surface area contributed by atoms with Crippen LogP contribution in [0.1, 0.15) is 19.1 Å². The van der Waals surface area contributed by atoms with Gasteiger partial charge in [-0.25, -0.2) is 4.57 Å². The Hall–Kier alpha value is -3.10. The molecule has 3 aliphatic heterocycles. The summed E-state index contributed by atoms with van der Waals surface area (Å²) in [7, 11) is -11.1. The minimum Gasteiger partial charge on any atom is -0.756 e. The molecule has 0 aliphatic carbocycles. The summed E-state index contributed by atoms with van der Waals surface area (Å²) >= 11 is 0. The van der Waals surface area contributed by atoms with Crippen molar-refractivity contribution in [2.75, 3.05) is 32.1 Å². The van der Waals surface area contributed by atoms with Crippen molar-refractivity contribution in [3.8, 4) is 0 Å². The number of ether oxygens (including phenoxy) is 3. The molecule has 0 aromatic carbocycles. The van der Waals surface area contributed by atoms with Crippen LogP contribution in [0.5, 0.6) is 0 Å². The number of nitrogen functional groups attached to an aromatic ring is 1. The lowest BCUT2D eigenvalue weighted by atomic mass is 9.88. The van der Waals surface area contributed by atoms with Crippen LogP contribution in [0.25, 0.3) is 0 Å². The minimum absolute atomic E-state index is 0.0485. The molecule has 342 valence electrons. The average Bonchev–Trinajstić information content (AvgIpc) is 3.44. The zero-order chi connectivity index (χ0) is 45.1. The zero-order valence-electron chi connectivity index (χ0n) is 30.6. The number of hydrogen-bond acceptors (Lipinski definition) is 24. The third kappa shape index (κ3) is 12.1. The summed E-state index contributed by atoms with van der Waals surface area (Å²) in [4.78, 5) is 81.0. The molecule has 0 bridgehead atoms. The quantitative estimate of drug-likeness (QED) is 0.0608. The molecule has 31 heteroatoms. The van der Waals surface area contributed by atoms with Crippen molar-refractivity contribution in [2.45, 2.75) is 104 Å². The smallest absolute Gasteiger partial charge is 0.469 e. The highest BCUT2D eigenvalue weighted by atomic mass is 31.2. The van der Waals surface area contributed by atoms with Crippen molar-refractivity contribution in [1.82, 2.24) is 15.2 Å². The number of hydrogen-bond donors (Lipinski definition) is 14. The Bertz CT molecular complexity index is 1840. The molecule has 0 spiro atoms. The van der Waals surface area contributed by atoms with Crippen molar-refractivity contribution < 1.29 is 117 Å². The predicted octanol–water partition coefficient (Wildman–Crippen LogP) is -10.2. The number of rotatable bonds is 18. The standard InChI is InChI=1S/C29H46N4O25P2/c30-10-1-2-33(18(39)3-10)27-25(45)23(43)15(56-27)9-54-60(51,52)58-29(28(46)47)5-11(35)19(26(57-29)20(40)12(36)7-34)32-17(38)6-31-16(37)4-13-21(41)24(44)22(42)14(55-13)8-53-59(48,49)50/h1-3,11-15,19-27,34-36,40-45H,4-9,30H2,(H,31,37)(H,32,38)(H,46,47)(H,51,52)(H2,48,49,50)/p-2/t11?,12-,13+,14?,15?,19?,20-,21?,22+,23?,24-,25?,26?,27?,29?/m1/s1. The van der Waals surface area contributed by atoms with E-state index in [0.29, 0.717) is 0 Å². The molecule has 1 aromatic heterocycles. The number of amides is 2. The number of aliphatic hydroxyl groups excluding tert-OH is 9. The summed E-state index contributed by atoms with van der Waals surface area (Å²) in [5, 5.41) is 109. The maximum Gasteiger partial charge on any atom is 0.469 e. The molecule has 4 rings (SSSR count). The molecule has 3 aliphatic rings. The Morgan fingerprint density at radius 3 is 2.15 bits per heavy atom. The lowest BCUT2D eigenvalue weighted by molar-refractivity contribution is -0.377. The van der Waals surface area contributed by atoms with Gasteiger partial charge in [0.15, 0.2) is 6.23 Å². The van der Waals surface area contributed by atoms with Crippen molar-refractivity contribution in [1.29, 1.82) is 0 Å². The van der Waals surface area contributed by atoms with Gasteiger partial charge in [-0.2, -0.15) is 0 Å². The number of phosphoric ester groups is 2. The number of anilines is 1. The van der Waals surface area contributed by atoms with Gasteiger partial charge >= 0.3 is 7.82 Å². The number of carbonyl (C=O) groups is 3. The van der Waals surface area contributed by atoms with E-state index in [2.05, 4.69) is 18.9 Å². The van der Waals surface area contributed by atoms with E-state index in [1.165, 1.54) is 6.07 Å². The fraction of sp³-hybridized carbons (Fsp3) is 0.724.